The zero-order valence-electron chi connectivity index (χ0n) is 11.6. The van der Waals surface area contributed by atoms with Crippen LogP contribution in [0, 0.1) is 0 Å². The minimum atomic E-state index is -3.37. The number of sulfone groups is 2. The average molecular weight is 304 g/mol. The van der Waals surface area contributed by atoms with Crippen molar-refractivity contribution in [2.75, 3.05) is 0 Å². The van der Waals surface area contributed by atoms with E-state index in [1.165, 1.54) is 12.1 Å². The van der Waals surface area contributed by atoms with Gasteiger partial charge in [-0.3, -0.25) is 0 Å². The van der Waals surface area contributed by atoms with Crippen LogP contribution in [-0.2, 0) is 25.4 Å². The van der Waals surface area contributed by atoms with Crippen molar-refractivity contribution in [2.24, 2.45) is 0 Å². The molecule has 0 bridgehead atoms. The van der Waals surface area contributed by atoms with Crippen LogP contribution in [-0.4, -0.2) is 27.3 Å². The molecular weight excluding hydrogens is 284 g/mol. The Hall–Kier alpha value is -0.880. The monoisotopic (exact) mass is 304 g/mol. The van der Waals surface area contributed by atoms with Gasteiger partial charge in [-0.15, -0.1) is 0 Å². The van der Waals surface area contributed by atoms with Crippen LogP contribution in [0.5, 0.6) is 0 Å². The summed E-state index contributed by atoms with van der Waals surface area (Å²) in [6.07, 6.45) is 0. The first kappa shape index (κ1) is 16.2. The molecule has 0 aliphatic rings. The zero-order valence-corrected chi connectivity index (χ0v) is 13.3. The van der Waals surface area contributed by atoms with E-state index in [-0.39, 0.29) is 10.6 Å². The van der Waals surface area contributed by atoms with Gasteiger partial charge in [0.25, 0.3) is 0 Å². The molecule has 1 rings (SSSR count). The van der Waals surface area contributed by atoms with E-state index in [0.29, 0.717) is 5.56 Å². The summed E-state index contributed by atoms with van der Waals surface area (Å²) in [5.74, 6) is -0.133. The highest BCUT2D eigenvalue weighted by molar-refractivity contribution is 7.92. The van der Waals surface area contributed by atoms with Gasteiger partial charge < -0.3 is 0 Å². The Bertz CT molecular complexity index is 641. The second-order valence-corrected chi connectivity index (χ2v) is 10.2. The molecule has 0 saturated carbocycles. The highest BCUT2D eigenvalue weighted by Gasteiger charge is 2.21. The van der Waals surface area contributed by atoms with Gasteiger partial charge in [-0.05, 0) is 45.4 Å². The van der Waals surface area contributed by atoms with E-state index >= 15 is 0 Å². The van der Waals surface area contributed by atoms with Crippen LogP contribution in [0.15, 0.2) is 29.2 Å². The molecule has 0 fully saturated rings. The second-order valence-electron chi connectivity index (χ2n) is 5.10. The number of hydrogen-bond donors (Lipinski definition) is 0. The maximum Gasteiger partial charge on any atom is 0.180 e. The van der Waals surface area contributed by atoms with Crippen LogP contribution in [0.3, 0.4) is 0 Å². The molecule has 0 atom stereocenters. The maximum atomic E-state index is 12.0. The molecule has 0 heterocycles. The predicted molar refractivity (Wildman–Crippen MR) is 76.5 cm³/mol. The largest absolute Gasteiger partial charge is 0.228 e. The first-order valence-corrected chi connectivity index (χ1v) is 9.38. The third-order valence-corrected chi connectivity index (χ3v) is 7.26. The van der Waals surface area contributed by atoms with E-state index in [4.69, 9.17) is 0 Å². The molecule has 0 aromatic heterocycles. The van der Waals surface area contributed by atoms with Crippen molar-refractivity contribution in [1.82, 2.24) is 0 Å². The Kier molecular flexibility index (Phi) is 4.79. The summed E-state index contributed by atoms with van der Waals surface area (Å²) >= 11 is 0. The lowest BCUT2D eigenvalue weighted by Gasteiger charge is -2.11. The van der Waals surface area contributed by atoms with Gasteiger partial charge in [-0.2, -0.15) is 0 Å². The average Bonchev–Trinajstić information content (AvgIpc) is 2.28. The Morgan fingerprint density at radius 2 is 1.53 bits per heavy atom. The molecule has 0 amide bonds. The molecule has 108 valence electrons. The van der Waals surface area contributed by atoms with E-state index < -0.39 is 30.2 Å². The SMILES string of the molecule is CC(C)S(=O)(=O)Cc1cccc(S(=O)(=O)C(C)C)c1. The summed E-state index contributed by atoms with van der Waals surface area (Å²) in [7, 11) is -6.60. The summed E-state index contributed by atoms with van der Waals surface area (Å²) in [5, 5.41) is -0.998. The summed E-state index contributed by atoms with van der Waals surface area (Å²) in [6.45, 7) is 6.44. The Morgan fingerprint density at radius 3 is 2.00 bits per heavy atom. The van der Waals surface area contributed by atoms with E-state index in [2.05, 4.69) is 0 Å². The third-order valence-electron chi connectivity index (χ3n) is 2.93. The molecule has 1 aromatic carbocycles. The normalized spacial score (nSPS) is 13.2. The van der Waals surface area contributed by atoms with Crippen molar-refractivity contribution < 1.29 is 16.8 Å². The number of hydrogen-bond acceptors (Lipinski definition) is 4. The Balaban J connectivity index is 3.17. The van der Waals surface area contributed by atoms with Crippen molar-refractivity contribution in [3.63, 3.8) is 0 Å². The fraction of sp³-hybridized carbons (Fsp3) is 0.538. The quantitative estimate of drug-likeness (QED) is 0.836. The van der Waals surface area contributed by atoms with Crippen molar-refractivity contribution in [2.45, 2.75) is 48.8 Å². The minimum absolute atomic E-state index is 0.133. The lowest BCUT2D eigenvalue weighted by atomic mass is 10.2. The van der Waals surface area contributed by atoms with Gasteiger partial charge in [0, 0.05) is 0 Å². The molecular formula is C13H20O4S2. The first-order chi connectivity index (χ1) is 8.57. The molecule has 19 heavy (non-hydrogen) atoms. The van der Waals surface area contributed by atoms with Gasteiger partial charge in [0.05, 0.1) is 21.1 Å². The topological polar surface area (TPSA) is 68.3 Å². The highest BCUT2D eigenvalue weighted by atomic mass is 32.2. The van der Waals surface area contributed by atoms with Crippen LogP contribution in [0.4, 0.5) is 0 Å². The lowest BCUT2D eigenvalue weighted by Crippen LogP contribution is -2.17. The first-order valence-electron chi connectivity index (χ1n) is 6.12. The van der Waals surface area contributed by atoms with Gasteiger partial charge in [0.1, 0.15) is 0 Å². The molecule has 4 nitrogen and oxygen atoms in total. The second kappa shape index (κ2) is 5.63. The molecule has 0 aliphatic carbocycles. The maximum absolute atomic E-state index is 12.0. The summed E-state index contributed by atoms with van der Waals surface area (Å²) in [5.41, 5.74) is 0.510. The predicted octanol–water partition coefficient (Wildman–Crippen LogP) is 2.19. The summed E-state index contributed by atoms with van der Waals surface area (Å²) in [6, 6.07) is 6.18. The Labute approximate surface area is 115 Å². The zero-order chi connectivity index (χ0) is 14.8. The van der Waals surface area contributed by atoms with Gasteiger partial charge >= 0.3 is 0 Å². The van der Waals surface area contributed by atoms with Crippen molar-refractivity contribution in [1.29, 1.82) is 0 Å². The molecule has 0 N–H and O–H groups in total. The molecule has 0 unspecified atom stereocenters. The van der Waals surface area contributed by atoms with E-state index in [1.807, 2.05) is 0 Å². The fourth-order valence-electron chi connectivity index (χ4n) is 1.48. The van der Waals surface area contributed by atoms with Gasteiger partial charge in [0.2, 0.25) is 0 Å². The van der Waals surface area contributed by atoms with Gasteiger partial charge in [-0.1, -0.05) is 12.1 Å². The molecule has 1 aromatic rings. The van der Waals surface area contributed by atoms with Crippen LogP contribution >= 0.6 is 0 Å². The van der Waals surface area contributed by atoms with Crippen LogP contribution < -0.4 is 0 Å². The van der Waals surface area contributed by atoms with E-state index in [1.54, 1.807) is 39.8 Å². The van der Waals surface area contributed by atoms with Gasteiger partial charge in [0.15, 0.2) is 19.7 Å². The molecule has 0 spiro atoms. The van der Waals surface area contributed by atoms with Crippen LogP contribution in [0.2, 0.25) is 0 Å². The summed E-state index contributed by atoms with van der Waals surface area (Å²) in [4.78, 5) is 0.180. The minimum Gasteiger partial charge on any atom is -0.228 e. The molecule has 0 radical (unpaired) electrons. The molecule has 0 aliphatic heterocycles. The smallest absolute Gasteiger partial charge is 0.180 e. The fourth-order valence-corrected chi connectivity index (χ4v) is 3.59. The molecule has 0 saturated heterocycles. The summed E-state index contributed by atoms with van der Waals surface area (Å²) < 4.78 is 47.8. The Morgan fingerprint density at radius 1 is 0.947 bits per heavy atom. The standard InChI is InChI=1S/C13H20O4S2/c1-10(2)18(14,15)9-12-6-5-7-13(8-12)19(16,17)11(3)4/h5-8,10-11H,9H2,1-4H3. The van der Waals surface area contributed by atoms with Crippen molar-refractivity contribution in [3.8, 4) is 0 Å². The third kappa shape index (κ3) is 3.79. The van der Waals surface area contributed by atoms with Crippen LogP contribution in [0.25, 0.3) is 0 Å². The van der Waals surface area contributed by atoms with Crippen molar-refractivity contribution >= 4 is 19.7 Å². The van der Waals surface area contributed by atoms with Crippen LogP contribution in [0.1, 0.15) is 33.3 Å². The number of benzene rings is 1. The molecule has 6 heteroatoms. The van der Waals surface area contributed by atoms with E-state index in [0.717, 1.165) is 0 Å². The number of rotatable bonds is 5. The van der Waals surface area contributed by atoms with Gasteiger partial charge in [-0.25, -0.2) is 16.8 Å². The van der Waals surface area contributed by atoms with E-state index in [9.17, 15) is 16.8 Å². The highest BCUT2D eigenvalue weighted by Crippen LogP contribution is 2.19. The van der Waals surface area contributed by atoms with Crippen molar-refractivity contribution in [3.05, 3.63) is 29.8 Å². The lowest BCUT2D eigenvalue weighted by molar-refractivity contribution is 0.584.